The molecule has 0 spiro atoms. The Morgan fingerprint density at radius 3 is 2.20 bits per heavy atom. The smallest absolute Gasteiger partial charge is 0.416 e. The summed E-state index contributed by atoms with van der Waals surface area (Å²) < 4.78 is 43.3. The Bertz CT molecular complexity index is 589. The first kappa shape index (κ1) is 21.0. The first-order valence-electron chi connectivity index (χ1n) is 7.88. The first-order valence-corrected chi connectivity index (χ1v) is 7.88. The van der Waals surface area contributed by atoms with Gasteiger partial charge in [-0.15, -0.1) is 0 Å². The van der Waals surface area contributed by atoms with Crippen molar-refractivity contribution >= 4 is 6.09 Å². The minimum atomic E-state index is -4.42. The van der Waals surface area contributed by atoms with E-state index >= 15 is 0 Å². The number of halogens is 3. The third kappa shape index (κ3) is 6.78. The van der Waals surface area contributed by atoms with Crippen LogP contribution in [-0.4, -0.2) is 29.4 Å². The van der Waals surface area contributed by atoms with Gasteiger partial charge in [-0.05, 0) is 45.4 Å². The quantitative estimate of drug-likeness (QED) is 0.773. The van der Waals surface area contributed by atoms with Crippen molar-refractivity contribution in [3.63, 3.8) is 0 Å². The van der Waals surface area contributed by atoms with Crippen LogP contribution in [0.4, 0.5) is 18.0 Å². The minimum absolute atomic E-state index is 0.394. The van der Waals surface area contributed by atoms with Crippen LogP contribution in [0.2, 0.25) is 0 Å². The highest BCUT2D eigenvalue weighted by Crippen LogP contribution is 2.31. The number of alkyl halides is 3. The highest BCUT2D eigenvalue weighted by atomic mass is 19.4. The van der Waals surface area contributed by atoms with E-state index in [1.54, 1.807) is 39.8 Å². The molecule has 1 amide bonds. The summed E-state index contributed by atoms with van der Waals surface area (Å²) in [5.74, 6) is -0.496. The van der Waals surface area contributed by atoms with Gasteiger partial charge in [-0.2, -0.15) is 13.2 Å². The van der Waals surface area contributed by atoms with Crippen LogP contribution in [0, 0.1) is 0 Å². The number of aliphatic hydroxyl groups is 1. The summed E-state index contributed by atoms with van der Waals surface area (Å²) >= 11 is 0. The Morgan fingerprint density at radius 1 is 1.24 bits per heavy atom. The van der Waals surface area contributed by atoms with E-state index in [2.05, 4.69) is 5.32 Å². The summed E-state index contributed by atoms with van der Waals surface area (Å²) in [6.45, 7) is 6.48. The largest absolute Gasteiger partial charge is 0.444 e. The lowest BCUT2D eigenvalue weighted by Crippen LogP contribution is -2.44. The van der Waals surface area contributed by atoms with Gasteiger partial charge in [-0.3, -0.25) is 0 Å². The molecule has 0 saturated carbocycles. The molecule has 0 saturated heterocycles. The number of benzene rings is 1. The average molecular weight is 359 g/mol. The maximum atomic E-state index is 12.7. The maximum Gasteiger partial charge on any atom is 0.416 e. The zero-order valence-corrected chi connectivity index (χ0v) is 14.7. The Hall–Kier alpha value is -2.02. The van der Waals surface area contributed by atoms with Crippen molar-refractivity contribution in [2.24, 2.45) is 0 Å². The van der Waals surface area contributed by atoms with Crippen molar-refractivity contribution in [3.05, 3.63) is 47.5 Å². The van der Waals surface area contributed by atoms with Gasteiger partial charge in [0.2, 0.25) is 0 Å². The van der Waals surface area contributed by atoms with Gasteiger partial charge in [0.1, 0.15) is 5.60 Å². The highest BCUT2D eigenvalue weighted by molar-refractivity contribution is 5.68. The number of aliphatic hydroxyl groups excluding tert-OH is 1. The van der Waals surface area contributed by atoms with Crippen molar-refractivity contribution < 1.29 is 27.8 Å². The highest BCUT2D eigenvalue weighted by Gasteiger charge is 2.31. The summed E-state index contributed by atoms with van der Waals surface area (Å²) in [5, 5.41) is 12.2. The monoisotopic (exact) mass is 359 g/mol. The van der Waals surface area contributed by atoms with Crippen molar-refractivity contribution in [2.45, 2.75) is 51.4 Å². The number of rotatable bonds is 5. The molecular formula is C18H24F3NO3. The molecule has 7 heteroatoms. The van der Waals surface area contributed by atoms with Gasteiger partial charge in [-0.25, -0.2) is 4.79 Å². The molecule has 0 heterocycles. The van der Waals surface area contributed by atoms with Gasteiger partial charge in [0, 0.05) is 5.92 Å². The van der Waals surface area contributed by atoms with E-state index in [-0.39, 0.29) is 0 Å². The van der Waals surface area contributed by atoms with Gasteiger partial charge in [0.25, 0.3) is 0 Å². The molecule has 1 aromatic rings. The van der Waals surface area contributed by atoms with E-state index in [1.165, 1.54) is 12.1 Å². The number of alkyl carbamates (subject to hydrolysis) is 1. The second kappa shape index (κ2) is 8.38. The number of hydrogen-bond acceptors (Lipinski definition) is 3. The Morgan fingerprint density at radius 2 is 1.80 bits per heavy atom. The molecule has 0 radical (unpaired) electrons. The summed E-state index contributed by atoms with van der Waals surface area (Å²) in [6.07, 6.45) is -1.70. The van der Waals surface area contributed by atoms with Crippen molar-refractivity contribution in [1.82, 2.24) is 5.32 Å². The molecule has 0 bridgehead atoms. The minimum Gasteiger partial charge on any atom is -0.444 e. The van der Waals surface area contributed by atoms with Gasteiger partial charge < -0.3 is 15.2 Å². The van der Waals surface area contributed by atoms with Crippen LogP contribution in [0.3, 0.4) is 0 Å². The molecular weight excluding hydrogens is 335 g/mol. The van der Waals surface area contributed by atoms with Crippen LogP contribution in [0.1, 0.15) is 44.7 Å². The molecule has 0 aliphatic heterocycles. The number of carbonyl (C=O) groups excluding carboxylic acids is 1. The fraction of sp³-hybridized carbons (Fsp3) is 0.500. The zero-order valence-electron chi connectivity index (χ0n) is 14.7. The second-order valence-corrected chi connectivity index (χ2v) is 6.61. The van der Waals surface area contributed by atoms with Crippen LogP contribution < -0.4 is 5.32 Å². The standard InChI is InChI=1S/C18H24F3NO3/c1-5-6-14(12-7-9-13(10-8-12)18(19,20)21)15(11-23)22-16(24)25-17(2,3)4/h5-10,14-15,23H,11H2,1-4H3,(H,22,24). The molecule has 2 atom stereocenters. The lowest BCUT2D eigenvalue weighted by atomic mass is 9.90. The lowest BCUT2D eigenvalue weighted by Gasteiger charge is -2.27. The molecule has 2 unspecified atom stereocenters. The summed E-state index contributed by atoms with van der Waals surface area (Å²) in [5.41, 5.74) is -0.911. The third-order valence-electron chi connectivity index (χ3n) is 3.36. The van der Waals surface area contributed by atoms with Crippen LogP contribution in [0.15, 0.2) is 36.4 Å². The molecule has 0 fully saturated rings. The molecule has 0 aromatic heterocycles. The summed E-state index contributed by atoms with van der Waals surface area (Å²) in [6, 6.07) is 3.91. The third-order valence-corrected chi connectivity index (χ3v) is 3.36. The first-order chi connectivity index (χ1) is 11.5. The van der Waals surface area contributed by atoms with Gasteiger partial charge >= 0.3 is 12.3 Å². The normalized spacial score (nSPS) is 15.0. The van der Waals surface area contributed by atoms with Crippen molar-refractivity contribution in [2.75, 3.05) is 6.61 Å². The second-order valence-electron chi connectivity index (χ2n) is 6.61. The van der Waals surface area contributed by atoms with Crippen LogP contribution in [-0.2, 0) is 10.9 Å². The number of hydrogen-bond donors (Lipinski definition) is 2. The fourth-order valence-electron chi connectivity index (χ4n) is 2.29. The topological polar surface area (TPSA) is 58.6 Å². The molecule has 4 nitrogen and oxygen atoms in total. The maximum absolute atomic E-state index is 12.7. The Balaban J connectivity index is 3.01. The van der Waals surface area contributed by atoms with Gasteiger partial charge in [-0.1, -0.05) is 24.3 Å². The Kier molecular flexibility index (Phi) is 7.05. The van der Waals surface area contributed by atoms with Crippen molar-refractivity contribution in [3.8, 4) is 0 Å². The summed E-state index contributed by atoms with van der Waals surface area (Å²) in [4.78, 5) is 11.9. The number of carbonyl (C=O) groups is 1. The molecule has 140 valence electrons. The number of amides is 1. The van der Waals surface area contributed by atoms with E-state index in [1.807, 2.05) is 0 Å². The molecule has 0 aliphatic carbocycles. The van der Waals surface area contributed by atoms with E-state index in [0.717, 1.165) is 12.1 Å². The average Bonchev–Trinajstić information content (AvgIpc) is 2.48. The number of ether oxygens (including phenoxy) is 1. The fourth-order valence-corrected chi connectivity index (χ4v) is 2.29. The molecule has 1 aromatic carbocycles. The van der Waals surface area contributed by atoms with E-state index in [0.29, 0.717) is 5.56 Å². The van der Waals surface area contributed by atoms with E-state index < -0.39 is 42.0 Å². The Labute approximate surface area is 145 Å². The predicted octanol–water partition coefficient (Wildman–Crippen LogP) is 4.25. The van der Waals surface area contributed by atoms with Crippen LogP contribution >= 0.6 is 0 Å². The van der Waals surface area contributed by atoms with Gasteiger partial charge in [0.05, 0.1) is 18.2 Å². The summed E-state index contributed by atoms with van der Waals surface area (Å²) in [7, 11) is 0. The SMILES string of the molecule is CC=CC(c1ccc(C(F)(F)F)cc1)C(CO)NC(=O)OC(C)(C)C. The lowest BCUT2D eigenvalue weighted by molar-refractivity contribution is -0.137. The number of nitrogens with one attached hydrogen (secondary N) is 1. The van der Waals surface area contributed by atoms with Crippen LogP contribution in [0.25, 0.3) is 0 Å². The zero-order chi connectivity index (χ0) is 19.3. The molecule has 2 N–H and O–H groups in total. The molecule has 0 aliphatic rings. The van der Waals surface area contributed by atoms with Crippen molar-refractivity contribution in [1.29, 1.82) is 0 Å². The van der Waals surface area contributed by atoms with Crippen LogP contribution in [0.5, 0.6) is 0 Å². The van der Waals surface area contributed by atoms with Gasteiger partial charge in [0.15, 0.2) is 0 Å². The van der Waals surface area contributed by atoms with E-state index in [4.69, 9.17) is 4.74 Å². The molecule has 25 heavy (non-hydrogen) atoms. The molecule has 1 rings (SSSR count). The van der Waals surface area contributed by atoms with E-state index in [9.17, 15) is 23.1 Å². The number of allylic oxidation sites excluding steroid dienone is 1. The predicted molar refractivity (Wildman–Crippen MR) is 89.2 cm³/mol.